The highest BCUT2D eigenvalue weighted by Gasteiger charge is 2.09. The van der Waals surface area contributed by atoms with Crippen molar-refractivity contribution in [1.29, 1.82) is 0 Å². The third-order valence-corrected chi connectivity index (χ3v) is 4.41. The molecule has 2 aliphatic heterocycles. The molecular weight excluding hydrogens is 276 g/mol. The molecule has 0 aromatic carbocycles. The molecule has 1 aromatic heterocycles. The lowest BCUT2D eigenvalue weighted by molar-refractivity contribution is 0.447. The molecule has 21 heavy (non-hydrogen) atoms. The van der Waals surface area contributed by atoms with Crippen LogP contribution in [0.2, 0.25) is 0 Å². The van der Waals surface area contributed by atoms with E-state index in [1.165, 1.54) is 12.8 Å². The van der Waals surface area contributed by atoms with Crippen LogP contribution in [0, 0.1) is 29.6 Å². The summed E-state index contributed by atoms with van der Waals surface area (Å²) >= 11 is 1.68. The van der Waals surface area contributed by atoms with Crippen LogP contribution in [0.5, 0.6) is 0 Å². The lowest BCUT2D eigenvalue weighted by Crippen LogP contribution is -2.26. The average Bonchev–Trinajstić information content (AvgIpc) is 3.01. The Balaban J connectivity index is 1.64. The molecule has 1 saturated heterocycles. The van der Waals surface area contributed by atoms with Gasteiger partial charge in [-0.2, -0.15) is 0 Å². The molecule has 0 unspecified atom stereocenters. The zero-order valence-corrected chi connectivity index (χ0v) is 12.7. The minimum absolute atomic E-state index is 0.549. The lowest BCUT2D eigenvalue weighted by Gasteiger charge is -2.17. The Morgan fingerprint density at radius 1 is 1.05 bits per heavy atom. The van der Waals surface area contributed by atoms with Crippen molar-refractivity contribution in [3.8, 4) is 23.7 Å². The van der Waals surface area contributed by atoms with E-state index in [9.17, 15) is 0 Å². The summed E-state index contributed by atoms with van der Waals surface area (Å²) in [7, 11) is 0. The quantitative estimate of drug-likeness (QED) is 0.718. The summed E-state index contributed by atoms with van der Waals surface area (Å²) in [4.78, 5) is 2.20. The Morgan fingerprint density at radius 3 is 2.62 bits per heavy atom. The molecule has 2 N–H and O–H groups in total. The number of piperidine rings is 1. The predicted molar refractivity (Wildman–Crippen MR) is 88.9 cm³/mol. The van der Waals surface area contributed by atoms with Gasteiger partial charge in [0, 0.05) is 18.0 Å². The van der Waals surface area contributed by atoms with E-state index in [2.05, 4.69) is 52.5 Å². The fourth-order valence-corrected chi connectivity index (χ4v) is 3.01. The summed E-state index contributed by atoms with van der Waals surface area (Å²) in [6.07, 6.45) is 8.37. The molecule has 0 aliphatic carbocycles. The van der Waals surface area contributed by atoms with Crippen LogP contribution in [-0.2, 0) is 0 Å². The van der Waals surface area contributed by atoms with Crippen molar-refractivity contribution < 1.29 is 0 Å². The smallest absolute Gasteiger partial charge is 0.0785 e. The first kappa shape index (κ1) is 14.0. The maximum atomic E-state index is 3.40. The fraction of sp³-hybridized carbons (Fsp3) is 0.333. The van der Waals surface area contributed by atoms with Crippen molar-refractivity contribution in [2.45, 2.75) is 12.8 Å². The number of hydrogen-bond donors (Lipinski definition) is 2. The van der Waals surface area contributed by atoms with E-state index in [4.69, 9.17) is 0 Å². The summed E-state index contributed by atoms with van der Waals surface area (Å²) in [6, 6.07) is 4.14. The minimum Gasteiger partial charge on any atom is -0.387 e. The van der Waals surface area contributed by atoms with E-state index in [1.807, 2.05) is 12.3 Å². The summed E-state index contributed by atoms with van der Waals surface area (Å²) in [5, 5.41) is 6.49. The van der Waals surface area contributed by atoms with Gasteiger partial charge in [0.1, 0.15) is 0 Å². The molecule has 3 rings (SSSR count). The maximum absolute atomic E-state index is 3.40. The van der Waals surface area contributed by atoms with E-state index in [0.29, 0.717) is 5.92 Å². The number of hydrogen-bond acceptors (Lipinski definition) is 3. The molecule has 2 nitrogen and oxygen atoms in total. The van der Waals surface area contributed by atoms with E-state index < -0.39 is 0 Å². The maximum Gasteiger partial charge on any atom is 0.0785 e. The Morgan fingerprint density at radius 2 is 1.86 bits per heavy atom. The number of nitrogens with one attached hydrogen (secondary N) is 2. The van der Waals surface area contributed by atoms with Gasteiger partial charge in [0.15, 0.2) is 0 Å². The largest absolute Gasteiger partial charge is 0.387 e. The molecule has 1 fully saturated rings. The summed E-state index contributed by atoms with van der Waals surface area (Å²) in [6.45, 7) is 3.05. The molecule has 3 heteroatoms. The zero-order valence-electron chi connectivity index (χ0n) is 11.9. The van der Waals surface area contributed by atoms with Gasteiger partial charge in [-0.25, -0.2) is 0 Å². The molecule has 0 atom stereocenters. The van der Waals surface area contributed by atoms with Crippen LogP contribution in [0.15, 0.2) is 36.1 Å². The van der Waals surface area contributed by atoms with Gasteiger partial charge in [0.2, 0.25) is 0 Å². The molecule has 3 heterocycles. The minimum atomic E-state index is 0.549. The lowest BCUT2D eigenvalue weighted by atomic mass is 9.99. The first-order valence-corrected chi connectivity index (χ1v) is 8.16. The monoisotopic (exact) mass is 294 g/mol. The van der Waals surface area contributed by atoms with E-state index >= 15 is 0 Å². The van der Waals surface area contributed by atoms with Gasteiger partial charge in [0.25, 0.3) is 0 Å². The SMILES string of the molecule is C(#Cc1ccc(C#CC2CCNCC2)s1)C1=CCNC=C1. The van der Waals surface area contributed by atoms with Crippen LogP contribution in [0.4, 0.5) is 0 Å². The van der Waals surface area contributed by atoms with Gasteiger partial charge in [-0.05, 0) is 56.4 Å². The van der Waals surface area contributed by atoms with Gasteiger partial charge in [-0.15, -0.1) is 11.3 Å². The van der Waals surface area contributed by atoms with E-state index in [1.54, 1.807) is 11.3 Å². The Labute approximate surface area is 130 Å². The molecule has 0 amide bonds. The molecule has 0 spiro atoms. The molecular formula is C18H18N2S. The van der Waals surface area contributed by atoms with Crippen molar-refractivity contribution in [3.05, 3.63) is 45.8 Å². The second-order valence-corrected chi connectivity index (χ2v) is 6.19. The van der Waals surface area contributed by atoms with Crippen molar-refractivity contribution >= 4 is 11.3 Å². The van der Waals surface area contributed by atoms with Crippen LogP contribution in [0.25, 0.3) is 0 Å². The Hall–Kier alpha value is -1.94. The fourth-order valence-electron chi connectivity index (χ4n) is 2.29. The van der Waals surface area contributed by atoms with Crippen LogP contribution in [-0.4, -0.2) is 19.6 Å². The van der Waals surface area contributed by atoms with Crippen LogP contribution >= 0.6 is 11.3 Å². The normalized spacial score (nSPS) is 17.8. The number of rotatable bonds is 0. The number of thiophene rings is 1. The third kappa shape index (κ3) is 4.26. The second-order valence-electron chi connectivity index (χ2n) is 5.11. The van der Waals surface area contributed by atoms with Gasteiger partial charge in [0.05, 0.1) is 9.75 Å². The van der Waals surface area contributed by atoms with Crippen LogP contribution < -0.4 is 10.6 Å². The van der Waals surface area contributed by atoms with Gasteiger partial charge < -0.3 is 10.6 Å². The summed E-state index contributed by atoms with van der Waals surface area (Å²) in [5.74, 6) is 13.7. The summed E-state index contributed by atoms with van der Waals surface area (Å²) < 4.78 is 0. The molecule has 1 aromatic rings. The van der Waals surface area contributed by atoms with Crippen LogP contribution in [0.3, 0.4) is 0 Å². The highest BCUT2D eigenvalue weighted by molar-refractivity contribution is 7.13. The topological polar surface area (TPSA) is 24.1 Å². The highest BCUT2D eigenvalue weighted by Crippen LogP contribution is 2.16. The first-order chi connectivity index (χ1) is 10.4. The Bertz CT molecular complexity index is 667. The number of allylic oxidation sites excluding steroid dienone is 2. The van der Waals surface area contributed by atoms with E-state index in [-0.39, 0.29) is 0 Å². The first-order valence-electron chi connectivity index (χ1n) is 7.34. The van der Waals surface area contributed by atoms with Crippen molar-refractivity contribution in [2.75, 3.05) is 19.6 Å². The van der Waals surface area contributed by atoms with E-state index in [0.717, 1.165) is 35.0 Å². The molecule has 0 radical (unpaired) electrons. The van der Waals surface area contributed by atoms with Crippen molar-refractivity contribution in [1.82, 2.24) is 10.6 Å². The Kier molecular flexibility index (Phi) is 4.79. The highest BCUT2D eigenvalue weighted by atomic mass is 32.1. The summed E-state index contributed by atoms with van der Waals surface area (Å²) in [5.41, 5.74) is 1.07. The predicted octanol–water partition coefficient (Wildman–Crippen LogP) is 2.49. The molecule has 0 bridgehead atoms. The number of dihydropyridines is 1. The van der Waals surface area contributed by atoms with Gasteiger partial charge in [-0.3, -0.25) is 0 Å². The van der Waals surface area contributed by atoms with Crippen molar-refractivity contribution in [3.63, 3.8) is 0 Å². The average molecular weight is 294 g/mol. The van der Waals surface area contributed by atoms with Gasteiger partial charge >= 0.3 is 0 Å². The van der Waals surface area contributed by atoms with Gasteiger partial charge in [-0.1, -0.05) is 23.7 Å². The second kappa shape index (κ2) is 7.18. The molecule has 0 saturated carbocycles. The molecule has 106 valence electrons. The standard InChI is InChI=1S/C18H18N2S/c1(15-7-11-19-12-8-15)3-17-5-6-18(21-17)4-2-16-9-13-20-14-10-16/h5-8,11,16,19-20H,9-10,12-14H2. The molecule has 2 aliphatic rings. The third-order valence-electron chi connectivity index (χ3n) is 3.50. The zero-order chi connectivity index (χ0) is 14.3. The van der Waals surface area contributed by atoms with Crippen LogP contribution in [0.1, 0.15) is 22.6 Å². The van der Waals surface area contributed by atoms with Crippen molar-refractivity contribution in [2.24, 2.45) is 5.92 Å².